The highest BCUT2D eigenvalue weighted by Crippen LogP contribution is 2.11. The van der Waals surface area contributed by atoms with Crippen molar-refractivity contribution in [3.05, 3.63) is 29.6 Å². The molecule has 1 saturated heterocycles. The highest BCUT2D eigenvalue weighted by molar-refractivity contribution is 5.74. The molecule has 3 heteroatoms. The second-order valence-corrected chi connectivity index (χ2v) is 4.04. The van der Waals surface area contributed by atoms with Crippen LogP contribution in [-0.4, -0.2) is 29.3 Å². The lowest BCUT2D eigenvalue weighted by molar-refractivity contribution is 0.112. The number of hydrogen-bond donors (Lipinski definition) is 0. The molecule has 0 unspecified atom stereocenters. The van der Waals surface area contributed by atoms with Gasteiger partial charge in [0.1, 0.15) is 6.29 Å². The van der Waals surface area contributed by atoms with E-state index in [-0.39, 0.29) is 0 Å². The summed E-state index contributed by atoms with van der Waals surface area (Å²) in [6.45, 7) is 3.20. The summed E-state index contributed by atoms with van der Waals surface area (Å²) in [4.78, 5) is 17.3. The number of aldehydes is 1. The van der Waals surface area contributed by atoms with Gasteiger partial charge in [-0.05, 0) is 38.1 Å². The molecule has 0 aliphatic carbocycles. The van der Waals surface area contributed by atoms with Crippen LogP contribution >= 0.6 is 0 Å². The molecular weight excluding hydrogens is 188 g/mol. The van der Waals surface area contributed by atoms with E-state index >= 15 is 0 Å². The van der Waals surface area contributed by atoms with E-state index in [1.165, 1.54) is 19.3 Å². The number of aromatic nitrogens is 1. The Hall–Kier alpha value is -1.22. The summed E-state index contributed by atoms with van der Waals surface area (Å²) in [5, 5.41) is 0. The molecule has 0 spiro atoms. The van der Waals surface area contributed by atoms with E-state index in [2.05, 4.69) is 9.88 Å². The molecule has 1 aliphatic heterocycles. The Morgan fingerprint density at radius 2 is 2.13 bits per heavy atom. The molecule has 0 N–H and O–H groups in total. The van der Waals surface area contributed by atoms with Crippen molar-refractivity contribution < 1.29 is 4.79 Å². The minimum absolute atomic E-state index is 0.719. The molecule has 1 aromatic heterocycles. The molecule has 2 rings (SSSR count). The lowest BCUT2D eigenvalue weighted by atomic mass is 10.1. The number of nitrogens with zero attached hydrogens (tertiary/aromatic N) is 2. The van der Waals surface area contributed by atoms with Crippen LogP contribution in [0.2, 0.25) is 0 Å². The largest absolute Gasteiger partial charge is 0.298 e. The van der Waals surface area contributed by atoms with E-state index in [9.17, 15) is 4.79 Å². The van der Waals surface area contributed by atoms with E-state index in [1.54, 1.807) is 12.3 Å². The number of carbonyl (C=O) groups is 1. The molecule has 15 heavy (non-hydrogen) atoms. The van der Waals surface area contributed by atoms with Crippen LogP contribution in [-0.2, 0) is 6.54 Å². The lowest BCUT2D eigenvalue weighted by Crippen LogP contribution is -2.29. The topological polar surface area (TPSA) is 33.2 Å². The molecule has 2 heterocycles. The van der Waals surface area contributed by atoms with Crippen LogP contribution in [0.3, 0.4) is 0 Å². The maximum atomic E-state index is 10.6. The van der Waals surface area contributed by atoms with E-state index in [4.69, 9.17) is 0 Å². The first-order valence-corrected chi connectivity index (χ1v) is 5.51. The van der Waals surface area contributed by atoms with Crippen molar-refractivity contribution in [1.82, 2.24) is 9.88 Å². The standard InChI is InChI=1S/C12H16N2O/c15-10-11-4-5-13-12(8-11)9-14-6-2-1-3-7-14/h4-5,8,10H,1-3,6-7,9H2. The quantitative estimate of drug-likeness (QED) is 0.705. The van der Waals surface area contributed by atoms with Crippen LogP contribution in [0.5, 0.6) is 0 Å². The Bertz CT molecular complexity index is 332. The van der Waals surface area contributed by atoms with E-state index in [0.29, 0.717) is 0 Å². The first-order chi connectivity index (χ1) is 7.38. The molecule has 1 aromatic rings. The van der Waals surface area contributed by atoms with E-state index in [0.717, 1.165) is 37.2 Å². The number of hydrogen-bond acceptors (Lipinski definition) is 3. The molecule has 0 aromatic carbocycles. The highest BCUT2D eigenvalue weighted by Gasteiger charge is 2.10. The Labute approximate surface area is 90.1 Å². The van der Waals surface area contributed by atoms with Crippen molar-refractivity contribution in [2.24, 2.45) is 0 Å². The third-order valence-corrected chi connectivity index (χ3v) is 2.81. The Morgan fingerprint density at radius 1 is 1.33 bits per heavy atom. The van der Waals surface area contributed by atoms with Gasteiger partial charge in [-0.25, -0.2) is 0 Å². The normalized spacial score (nSPS) is 17.6. The summed E-state index contributed by atoms with van der Waals surface area (Å²) in [6.07, 6.45) is 6.50. The molecule has 1 fully saturated rings. The summed E-state index contributed by atoms with van der Waals surface area (Å²) in [7, 11) is 0. The van der Waals surface area contributed by atoms with Gasteiger partial charge in [-0.1, -0.05) is 6.42 Å². The van der Waals surface area contributed by atoms with Gasteiger partial charge >= 0.3 is 0 Å². The van der Waals surface area contributed by atoms with Gasteiger partial charge < -0.3 is 0 Å². The monoisotopic (exact) mass is 204 g/mol. The molecule has 80 valence electrons. The first-order valence-electron chi connectivity index (χ1n) is 5.51. The molecule has 0 amide bonds. The smallest absolute Gasteiger partial charge is 0.150 e. The van der Waals surface area contributed by atoms with Crippen molar-refractivity contribution >= 4 is 6.29 Å². The average Bonchev–Trinajstić information content (AvgIpc) is 2.31. The maximum absolute atomic E-state index is 10.6. The fourth-order valence-corrected chi connectivity index (χ4v) is 2.00. The zero-order valence-corrected chi connectivity index (χ0v) is 8.85. The zero-order chi connectivity index (χ0) is 10.5. The minimum Gasteiger partial charge on any atom is -0.298 e. The van der Waals surface area contributed by atoms with E-state index in [1.807, 2.05) is 6.07 Å². The number of rotatable bonds is 3. The Balaban J connectivity index is 1.99. The molecule has 0 saturated carbocycles. The van der Waals surface area contributed by atoms with Gasteiger partial charge in [0.15, 0.2) is 0 Å². The maximum Gasteiger partial charge on any atom is 0.150 e. The molecule has 3 nitrogen and oxygen atoms in total. The van der Waals surface area contributed by atoms with Gasteiger partial charge in [-0.15, -0.1) is 0 Å². The number of pyridine rings is 1. The molecule has 1 aliphatic rings. The van der Waals surface area contributed by atoms with Gasteiger partial charge in [-0.2, -0.15) is 0 Å². The minimum atomic E-state index is 0.719. The Kier molecular flexibility index (Phi) is 3.45. The van der Waals surface area contributed by atoms with Crippen molar-refractivity contribution in [3.8, 4) is 0 Å². The predicted molar refractivity (Wildman–Crippen MR) is 58.8 cm³/mol. The van der Waals surface area contributed by atoms with Crippen LogP contribution in [0, 0.1) is 0 Å². The molecule has 0 radical (unpaired) electrons. The second-order valence-electron chi connectivity index (χ2n) is 4.04. The summed E-state index contributed by atoms with van der Waals surface area (Å²) in [5.41, 5.74) is 1.72. The van der Waals surface area contributed by atoms with E-state index < -0.39 is 0 Å². The van der Waals surface area contributed by atoms with Gasteiger partial charge in [0.25, 0.3) is 0 Å². The van der Waals surface area contributed by atoms with Gasteiger partial charge in [0.2, 0.25) is 0 Å². The van der Waals surface area contributed by atoms with Crippen LogP contribution < -0.4 is 0 Å². The molecule has 0 atom stereocenters. The fourth-order valence-electron chi connectivity index (χ4n) is 2.00. The second kappa shape index (κ2) is 5.03. The van der Waals surface area contributed by atoms with Gasteiger partial charge in [0.05, 0.1) is 5.69 Å². The Morgan fingerprint density at radius 3 is 2.87 bits per heavy atom. The summed E-state index contributed by atoms with van der Waals surface area (Å²) >= 11 is 0. The van der Waals surface area contributed by atoms with Gasteiger partial charge in [-0.3, -0.25) is 14.7 Å². The van der Waals surface area contributed by atoms with Crippen molar-refractivity contribution in [1.29, 1.82) is 0 Å². The third kappa shape index (κ3) is 2.86. The van der Waals surface area contributed by atoms with Gasteiger partial charge in [0, 0.05) is 18.3 Å². The summed E-state index contributed by atoms with van der Waals surface area (Å²) < 4.78 is 0. The van der Waals surface area contributed by atoms with Crippen LogP contribution in [0.15, 0.2) is 18.3 Å². The lowest BCUT2D eigenvalue weighted by Gasteiger charge is -2.25. The van der Waals surface area contributed by atoms with Crippen LogP contribution in [0.1, 0.15) is 35.3 Å². The number of likely N-dealkylation sites (tertiary alicyclic amines) is 1. The highest BCUT2D eigenvalue weighted by atomic mass is 16.1. The molecule has 0 bridgehead atoms. The van der Waals surface area contributed by atoms with Crippen LogP contribution in [0.4, 0.5) is 0 Å². The van der Waals surface area contributed by atoms with Crippen molar-refractivity contribution in [2.45, 2.75) is 25.8 Å². The number of piperidine rings is 1. The van der Waals surface area contributed by atoms with Crippen LogP contribution in [0.25, 0.3) is 0 Å². The first kappa shape index (κ1) is 10.3. The SMILES string of the molecule is O=Cc1ccnc(CN2CCCCC2)c1. The van der Waals surface area contributed by atoms with Crippen molar-refractivity contribution in [2.75, 3.05) is 13.1 Å². The fraction of sp³-hybridized carbons (Fsp3) is 0.500. The zero-order valence-electron chi connectivity index (χ0n) is 8.85. The average molecular weight is 204 g/mol. The summed E-state index contributed by atoms with van der Waals surface area (Å²) in [5.74, 6) is 0. The molecular formula is C12H16N2O. The third-order valence-electron chi connectivity index (χ3n) is 2.81. The van der Waals surface area contributed by atoms with Crippen molar-refractivity contribution in [3.63, 3.8) is 0 Å². The predicted octanol–water partition coefficient (Wildman–Crippen LogP) is 1.88. The number of carbonyl (C=O) groups excluding carboxylic acids is 1. The summed E-state index contributed by atoms with van der Waals surface area (Å²) in [6, 6.07) is 3.62.